The summed E-state index contributed by atoms with van der Waals surface area (Å²) in [5, 5.41) is 56.5. The zero-order valence-electron chi connectivity index (χ0n) is 13.1. The van der Waals surface area contributed by atoms with Gasteiger partial charge < -0.3 is 40.1 Å². The maximum atomic E-state index is 12.3. The lowest BCUT2D eigenvalue weighted by Crippen LogP contribution is -2.59. The second-order valence-electron chi connectivity index (χ2n) is 5.44. The molecule has 1 aliphatic heterocycles. The molecule has 1 aromatic carbocycles. The van der Waals surface area contributed by atoms with Gasteiger partial charge in [0.1, 0.15) is 24.4 Å². The smallest absolute Gasteiger partial charge is 0.341 e. The van der Waals surface area contributed by atoms with Crippen molar-refractivity contribution in [1.29, 1.82) is 0 Å². The number of hydrogen-bond acceptors (Lipinski definition) is 9. The summed E-state index contributed by atoms with van der Waals surface area (Å²) < 4.78 is 9.80. The van der Waals surface area contributed by atoms with E-state index in [9.17, 15) is 34.8 Å². The number of esters is 1. The molecular formula is C15H16O11. The Balaban J connectivity index is 2.31. The van der Waals surface area contributed by atoms with Crippen LogP contribution in [-0.4, -0.2) is 85.9 Å². The standard InChI is InChI=1S/C15H16O11/c16-4-7-9(17)10(18)11(19)15(25-7)26-14(24)6-3-1-2-5(12(20)21)8(6)13(22)23/h1-3,7,9-11,15-19H,4H2,(H,20,21)(H,22,23)/t7-,9-,10+,11-,15?/m1/s1. The fourth-order valence-corrected chi connectivity index (χ4v) is 2.46. The molecule has 1 aliphatic rings. The molecule has 1 unspecified atom stereocenters. The van der Waals surface area contributed by atoms with Crippen LogP contribution in [0.15, 0.2) is 18.2 Å². The molecule has 0 spiro atoms. The van der Waals surface area contributed by atoms with Gasteiger partial charge in [0.2, 0.25) is 6.29 Å². The minimum absolute atomic E-state index is 0.616. The summed E-state index contributed by atoms with van der Waals surface area (Å²) in [4.78, 5) is 34.7. The summed E-state index contributed by atoms with van der Waals surface area (Å²) in [6, 6.07) is 3.11. The highest BCUT2D eigenvalue weighted by molar-refractivity contribution is 6.09. The molecule has 0 aromatic heterocycles. The van der Waals surface area contributed by atoms with Crippen LogP contribution in [0.25, 0.3) is 0 Å². The predicted molar refractivity (Wildman–Crippen MR) is 79.5 cm³/mol. The topological polar surface area (TPSA) is 191 Å². The van der Waals surface area contributed by atoms with Crippen molar-refractivity contribution >= 4 is 17.9 Å². The number of carboxylic acid groups (broad SMARTS) is 2. The van der Waals surface area contributed by atoms with E-state index in [1.807, 2.05) is 0 Å². The Morgan fingerprint density at radius 2 is 1.58 bits per heavy atom. The van der Waals surface area contributed by atoms with Gasteiger partial charge in [-0.3, -0.25) is 0 Å². The molecule has 0 bridgehead atoms. The van der Waals surface area contributed by atoms with Crippen LogP contribution in [0.3, 0.4) is 0 Å². The van der Waals surface area contributed by atoms with Crippen LogP contribution in [0.1, 0.15) is 31.1 Å². The van der Waals surface area contributed by atoms with Crippen molar-refractivity contribution in [1.82, 2.24) is 0 Å². The van der Waals surface area contributed by atoms with Gasteiger partial charge in [-0.15, -0.1) is 0 Å². The molecule has 2 rings (SSSR count). The maximum absolute atomic E-state index is 12.3. The molecule has 5 atom stereocenters. The van der Waals surface area contributed by atoms with E-state index in [1.54, 1.807) is 0 Å². The summed E-state index contributed by atoms with van der Waals surface area (Å²) in [7, 11) is 0. The Bertz CT molecular complexity index is 714. The van der Waals surface area contributed by atoms with Gasteiger partial charge >= 0.3 is 17.9 Å². The van der Waals surface area contributed by atoms with Gasteiger partial charge in [0.15, 0.2) is 0 Å². The number of ether oxygens (including phenoxy) is 2. The molecule has 0 amide bonds. The van der Waals surface area contributed by atoms with Gasteiger partial charge in [0.25, 0.3) is 0 Å². The first-order chi connectivity index (χ1) is 12.2. The molecule has 0 aliphatic carbocycles. The Labute approximate surface area is 145 Å². The zero-order valence-corrected chi connectivity index (χ0v) is 13.1. The van der Waals surface area contributed by atoms with Crippen LogP contribution in [0.4, 0.5) is 0 Å². The lowest BCUT2D eigenvalue weighted by molar-refractivity contribution is -0.285. The third-order valence-corrected chi connectivity index (χ3v) is 3.80. The number of aromatic carboxylic acids is 2. The van der Waals surface area contributed by atoms with Crippen molar-refractivity contribution in [2.24, 2.45) is 0 Å². The van der Waals surface area contributed by atoms with E-state index in [0.717, 1.165) is 18.2 Å². The lowest BCUT2D eigenvalue weighted by atomic mass is 9.99. The van der Waals surface area contributed by atoms with Crippen LogP contribution in [0, 0.1) is 0 Å². The molecule has 1 saturated heterocycles. The van der Waals surface area contributed by atoms with Crippen molar-refractivity contribution in [2.75, 3.05) is 6.61 Å². The Morgan fingerprint density at radius 1 is 0.962 bits per heavy atom. The van der Waals surface area contributed by atoms with Gasteiger partial charge in [-0.2, -0.15) is 0 Å². The average Bonchev–Trinajstić information content (AvgIpc) is 2.61. The number of aliphatic hydroxyl groups excluding tert-OH is 4. The first-order valence-electron chi connectivity index (χ1n) is 7.30. The Hall–Kier alpha value is -2.57. The number of carboxylic acids is 2. The van der Waals surface area contributed by atoms with Crippen molar-refractivity contribution in [3.63, 3.8) is 0 Å². The monoisotopic (exact) mass is 372 g/mol. The molecule has 0 saturated carbocycles. The summed E-state index contributed by atoms with van der Waals surface area (Å²) in [6.45, 7) is -0.756. The van der Waals surface area contributed by atoms with E-state index in [0.29, 0.717) is 0 Å². The van der Waals surface area contributed by atoms with Gasteiger partial charge in [0.05, 0.1) is 23.3 Å². The molecule has 1 heterocycles. The zero-order chi connectivity index (χ0) is 19.6. The first kappa shape index (κ1) is 19.8. The quantitative estimate of drug-likeness (QED) is 0.314. The third-order valence-electron chi connectivity index (χ3n) is 3.80. The highest BCUT2D eigenvalue weighted by atomic mass is 16.7. The SMILES string of the molecule is O=C(O)c1cccc(C(=O)OC2O[C@H](CO)[C@@H](O)[C@H](O)[C@H]2O)c1C(=O)O. The molecule has 11 nitrogen and oxygen atoms in total. The molecule has 1 aromatic rings. The third kappa shape index (κ3) is 3.66. The number of rotatable bonds is 5. The summed E-state index contributed by atoms with van der Waals surface area (Å²) in [5.74, 6) is -4.61. The molecular weight excluding hydrogens is 356 g/mol. The summed E-state index contributed by atoms with van der Waals surface area (Å²) in [5.41, 5.74) is -2.09. The lowest BCUT2D eigenvalue weighted by Gasteiger charge is -2.39. The van der Waals surface area contributed by atoms with Crippen LogP contribution >= 0.6 is 0 Å². The van der Waals surface area contributed by atoms with Gasteiger partial charge in [-0.05, 0) is 12.1 Å². The Morgan fingerprint density at radius 3 is 2.12 bits per heavy atom. The largest absolute Gasteiger partial charge is 0.478 e. The van der Waals surface area contributed by atoms with E-state index in [2.05, 4.69) is 0 Å². The van der Waals surface area contributed by atoms with E-state index in [1.165, 1.54) is 0 Å². The van der Waals surface area contributed by atoms with E-state index in [4.69, 9.17) is 19.7 Å². The second-order valence-corrected chi connectivity index (χ2v) is 5.44. The minimum atomic E-state index is -1.88. The van der Waals surface area contributed by atoms with E-state index < -0.39 is 71.9 Å². The highest BCUT2D eigenvalue weighted by Gasteiger charge is 2.45. The molecule has 11 heteroatoms. The highest BCUT2D eigenvalue weighted by Crippen LogP contribution is 2.24. The average molecular weight is 372 g/mol. The van der Waals surface area contributed by atoms with Crippen LogP contribution in [-0.2, 0) is 9.47 Å². The van der Waals surface area contributed by atoms with E-state index in [-0.39, 0.29) is 0 Å². The van der Waals surface area contributed by atoms with Crippen LogP contribution in [0.5, 0.6) is 0 Å². The number of carbonyl (C=O) groups is 3. The molecule has 26 heavy (non-hydrogen) atoms. The van der Waals surface area contributed by atoms with Crippen molar-refractivity contribution in [2.45, 2.75) is 30.7 Å². The predicted octanol–water partition coefficient (Wildman–Crippen LogP) is -1.96. The van der Waals surface area contributed by atoms with Crippen LogP contribution in [0.2, 0.25) is 0 Å². The fraction of sp³-hybridized carbons (Fsp3) is 0.400. The normalized spacial score (nSPS) is 28.4. The number of carbonyl (C=O) groups excluding carboxylic acids is 1. The molecule has 6 N–H and O–H groups in total. The minimum Gasteiger partial charge on any atom is -0.478 e. The summed E-state index contributed by atoms with van der Waals surface area (Å²) >= 11 is 0. The fourth-order valence-electron chi connectivity index (χ4n) is 2.46. The molecule has 0 radical (unpaired) electrons. The van der Waals surface area contributed by atoms with Gasteiger partial charge in [0, 0.05) is 0 Å². The number of benzene rings is 1. The second kappa shape index (κ2) is 7.76. The molecule has 142 valence electrons. The van der Waals surface area contributed by atoms with Gasteiger partial charge in [-0.1, -0.05) is 6.07 Å². The number of hydrogen-bond donors (Lipinski definition) is 6. The van der Waals surface area contributed by atoms with Crippen molar-refractivity contribution < 1.29 is 54.5 Å². The van der Waals surface area contributed by atoms with E-state index >= 15 is 0 Å². The summed E-state index contributed by atoms with van der Waals surface area (Å²) in [6.07, 6.45) is -8.52. The van der Waals surface area contributed by atoms with Crippen LogP contribution < -0.4 is 0 Å². The first-order valence-corrected chi connectivity index (χ1v) is 7.30. The number of aliphatic hydroxyl groups is 4. The van der Waals surface area contributed by atoms with Crippen molar-refractivity contribution in [3.05, 3.63) is 34.9 Å². The molecule has 1 fully saturated rings. The maximum Gasteiger partial charge on any atom is 0.341 e. The Kier molecular flexibility index (Phi) is 5.90. The van der Waals surface area contributed by atoms with Crippen molar-refractivity contribution in [3.8, 4) is 0 Å². The van der Waals surface area contributed by atoms with Gasteiger partial charge in [-0.25, -0.2) is 14.4 Å².